The Bertz CT molecular complexity index is 801. The van der Waals surface area contributed by atoms with Crippen molar-refractivity contribution in [2.24, 2.45) is 0 Å². The van der Waals surface area contributed by atoms with Crippen LogP contribution in [0.25, 0.3) is 10.1 Å². The number of hydrogen-bond donors (Lipinski definition) is 1. The summed E-state index contributed by atoms with van der Waals surface area (Å²) < 4.78 is 11.6. The minimum atomic E-state index is -0.253. The van der Waals surface area contributed by atoms with Gasteiger partial charge < -0.3 is 14.4 Å². The number of hydroxylamine groups is 1. The zero-order valence-electron chi connectivity index (χ0n) is 13.7. The number of carbonyl (C=O) groups is 2. The van der Waals surface area contributed by atoms with Crippen LogP contribution in [-0.4, -0.2) is 44.6 Å². The molecular weight excluding hydrogens is 332 g/mol. The van der Waals surface area contributed by atoms with E-state index in [0.29, 0.717) is 29.5 Å². The summed E-state index contributed by atoms with van der Waals surface area (Å²) in [6.07, 6.45) is 0.198. The highest BCUT2D eigenvalue weighted by Crippen LogP contribution is 2.42. The molecule has 8 heteroatoms. The molecule has 0 saturated carbocycles. The van der Waals surface area contributed by atoms with E-state index in [4.69, 9.17) is 9.47 Å². The van der Waals surface area contributed by atoms with Gasteiger partial charge in [-0.1, -0.05) is 0 Å². The molecule has 0 spiro atoms. The Labute approximate surface area is 143 Å². The summed E-state index contributed by atoms with van der Waals surface area (Å²) >= 11 is 1.44. The third-order valence-electron chi connectivity index (χ3n) is 3.95. The average molecular weight is 350 g/mol. The number of carbonyl (C=O) groups excluding carboxylic acids is 2. The zero-order valence-corrected chi connectivity index (χ0v) is 14.5. The molecule has 0 unspecified atom stereocenters. The molecule has 0 atom stereocenters. The van der Waals surface area contributed by atoms with Crippen molar-refractivity contribution in [2.45, 2.75) is 13.0 Å². The topological polar surface area (TPSA) is 77.1 Å². The Hall–Kier alpha value is -2.32. The van der Waals surface area contributed by atoms with Crippen molar-refractivity contribution in [2.75, 3.05) is 27.9 Å². The number of nitrogens with one attached hydrogen (secondary N) is 1. The van der Waals surface area contributed by atoms with Gasteiger partial charge in [-0.05, 0) is 6.07 Å². The summed E-state index contributed by atoms with van der Waals surface area (Å²) in [7, 11) is 4.55. The molecule has 1 aliphatic rings. The smallest absolute Gasteiger partial charge is 0.264 e. The predicted octanol–water partition coefficient (Wildman–Crippen LogP) is 1.94. The molecule has 2 heterocycles. The van der Waals surface area contributed by atoms with E-state index in [9.17, 15) is 9.59 Å². The van der Waals surface area contributed by atoms with Crippen molar-refractivity contribution < 1.29 is 23.9 Å². The molecule has 1 aromatic carbocycles. The number of fused-ring (bicyclic) bond motifs is 3. The first-order valence-corrected chi connectivity index (χ1v) is 8.19. The second kappa shape index (κ2) is 6.66. The molecule has 2 aromatic rings. The van der Waals surface area contributed by atoms with Gasteiger partial charge in [0, 0.05) is 41.2 Å². The van der Waals surface area contributed by atoms with Gasteiger partial charge in [-0.2, -0.15) is 0 Å². The molecule has 128 valence electrons. The summed E-state index contributed by atoms with van der Waals surface area (Å²) in [5.74, 6) is 0.979. The van der Waals surface area contributed by atoms with Crippen LogP contribution in [-0.2, 0) is 16.2 Å². The minimum Gasteiger partial charge on any atom is -0.493 e. The van der Waals surface area contributed by atoms with Crippen LogP contribution in [0.4, 0.5) is 0 Å². The molecule has 3 rings (SSSR count). The summed E-state index contributed by atoms with van der Waals surface area (Å²) in [6, 6.07) is 3.79. The molecule has 0 radical (unpaired) electrons. The lowest BCUT2D eigenvalue weighted by molar-refractivity contribution is -0.131. The molecule has 1 aliphatic heterocycles. The fourth-order valence-corrected chi connectivity index (χ4v) is 3.98. The SMILES string of the molecule is CONC(=O)CCN1Cc2c(sc3cc(OC)c(OC)cc23)C1=O. The van der Waals surface area contributed by atoms with Crippen LogP contribution in [0.3, 0.4) is 0 Å². The van der Waals surface area contributed by atoms with Gasteiger partial charge in [-0.15, -0.1) is 11.3 Å². The van der Waals surface area contributed by atoms with E-state index in [2.05, 4.69) is 10.3 Å². The Morgan fingerprint density at radius 2 is 1.96 bits per heavy atom. The fourth-order valence-electron chi connectivity index (χ4n) is 2.79. The van der Waals surface area contributed by atoms with E-state index < -0.39 is 0 Å². The van der Waals surface area contributed by atoms with Gasteiger partial charge in [-0.25, -0.2) is 5.48 Å². The highest BCUT2D eigenvalue weighted by atomic mass is 32.1. The van der Waals surface area contributed by atoms with Gasteiger partial charge in [0.1, 0.15) is 0 Å². The standard InChI is InChI=1S/C16H18N2O5S/c1-21-11-6-9-10-8-18(5-4-14(19)17-23-3)16(20)15(10)24-13(9)7-12(11)22-2/h6-7H,4-5,8H2,1-3H3,(H,17,19). The van der Waals surface area contributed by atoms with Gasteiger partial charge >= 0.3 is 0 Å². The minimum absolute atomic E-state index is 0.0469. The van der Waals surface area contributed by atoms with E-state index in [0.717, 1.165) is 15.6 Å². The number of rotatable bonds is 6. The lowest BCUT2D eigenvalue weighted by Gasteiger charge is -2.15. The van der Waals surface area contributed by atoms with Gasteiger partial charge in [0.2, 0.25) is 5.91 Å². The Balaban J connectivity index is 1.85. The van der Waals surface area contributed by atoms with Crippen molar-refractivity contribution in [1.82, 2.24) is 10.4 Å². The van der Waals surface area contributed by atoms with Crippen molar-refractivity contribution in [1.29, 1.82) is 0 Å². The van der Waals surface area contributed by atoms with Crippen molar-refractivity contribution in [3.05, 3.63) is 22.6 Å². The number of methoxy groups -OCH3 is 2. The Kier molecular flexibility index (Phi) is 4.59. The number of amides is 2. The van der Waals surface area contributed by atoms with Crippen LogP contribution in [0.1, 0.15) is 21.7 Å². The normalized spacial score (nSPS) is 13.3. The van der Waals surface area contributed by atoms with Crippen LogP contribution in [0.2, 0.25) is 0 Å². The summed E-state index contributed by atoms with van der Waals surface area (Å²) in [4.78, 5) is 31.0. The molecule has 2 amide bonds. The maximum Gasteiger partial charge on any atom is 0.264 e. The van der Waals surface area contributed by atoms with Crippen molar-refractivity contribution >= 4 is 33.2 Å². The molecule has 24 heavy (non-hydrogen) atoms. The number of benzene rings is 1. The van der Waals surface area contributed by atoms with E-state index >= 15 is 0 Å². The molecular formula is C16H18N2O5S. The lowest BCUT2D eigenvalue weighted by Crippen LogP contribution is -2.30. The number of hydrogen-bond acceptors (Lipinski definition) is 6. The Morgan fingerprint density at radius 1 is 1.25 bits per heavy atom. The van der Waals surface area contributed by atoms with Gasteiger partial charge in [0.25, 0.3) is 5.91 Å². The quantitative estimate of drug-likeness (QED) is 0.806. The number of nitrogens with zero attached hydrogens (tertiary/aromatic N) is 1. The van der Waals surface area contributed by atoms with Gasteiger partial charge in [0.15, 0.2) is 11.5 Å². The van der Waals surface area contributed by atoms with Crippen molar-refractivity contribution in [3.63, 3.8) is 0 Å². The second-order valence-electron chi connectivity index (χ2n) is 5.32. The monoisotopic (exact) mass is 350 g/mol. The first kappa shape index (κ1) is 16.5. The van der Waals surface area contributed by atoms with Gasteiger partial charge in [-0.3, -0.25) is 14.4 Å². The molecule has 0 bridgehead atoms. The first-order valence-electron chi connectivity index (χ1n) is 7.37. The molecule has 0 aliphatic carbocycles. The third-order valence-corrected chi connectivity index (χ3v) is 5.13. The number of thiophene rings is 1. The molecule has 1 N–H and O–H groups in total. The van der Waals surface area contributed by atoms with Crippen molar-refractivity contribution in [3.8, 4) is 11.5 Å². The van der Waals surface area contributed by atoms with Crippen LogP contribution < -0.4 is 15.0 Å². The van der Waals surface area contributed by atoms with Crippen LogP contribution >= 0.6 is 11.3 Å². The van der Waals surface area contributed by atoms with E-state index in [1.165, 1.54) is 18.4 Å². The second-order valence-corrected chi connectivity index (χ2v) is 6.37. The highest BCUT2D eigenvalue weighted by molar-refractivity contribution is 7.21. The number of ether oxygens (including phenoxy) is 2. The maximum absolute atomic E-state index is 12.6. The fraction of sp³-hybridized carbons (Fsp3) is 0.375. The van der Waals surface area contributed by atoms with Crippen LogP contribution in [0.15, 0.2) is 12.1 Å². The third kappa shape index (κ3) is 2.78. The molecule has 7 nitrogen and oxygen atoms in total. The summed E-state index contributed by atoms with van der Waals surface area (Å²) in [5.41, 5.74) is 3.23. The maximum atomic E-state index is 12.6. The Morgan fingerprint density at radius 3 is 2.62 bits per heavy atom. The van der Waals surface area contributed by atoms with E-state index in [-0.39, 0.29) is 18.2 Å². The van der Waals surface area contributed by atoms with Gasteiger partial charge in [0.05, 0.1) is 26.2 Å². The van der Waals surface area contributed by atoms with Crippen LogP contribution in [0.5, 0.6) is 11.5 Å². The zero-order chi connectivity index (χ0) is 17.3. The molecule has 0 fully saturated rings. The lowest BCUT2D eigenvalue weighted by atomic mass is 10.1. The first-order chi connectivity index (χ1) is 11.6. The largest absolute Gasteiger partial charge is 0.493 e. The predicted molar refractivity (Wildman–Crippen MR) is 89.4 cm³/mol. The van der Waals surface area contributed by atoms with E-state index in [1.807, 2.05) is 12.1 Å². The molecule has 0 saturated heterocycles. The molecule has 1 aromatic heterocycles. The average Bonchev–Trinajstić information content (AvgIpc) is 3.08. The summed E-state index contributed by atoms with van der Waals surface area (Å²) in [6.45, 7) is 0.841. The van der Waals surface area contributed by atoms with E-state index in [1.54, 1.807) is 19.1 Å². The summed E-state index contributed by atoms with van der Waals surface area (Å²) in [5, 5.41) is 0.991. The highest BCUT2D eigenvalue weighted by Gasteiger charge is 2.32. The van der Waals surface area contributed by atoms with Crippen LogP contribution in [0, 0.1) is 0 Å².